The highest BCUT2D eigenvalue weighted by atomic mass is 32.2. The molecule has 128 valence electrons. The van der Waals surface area contributed by atoms with Crippen molar-refractivity contribution in [2.75, 3.05) is 27.2 Å². The molecule has 0 aromatic heterocycles. The summed E-state index contributed by atoms with van der Waals surface area (Å²) in [5, 5.41) is 2.35. The number of hydrogen-bond acceptors (Lipinski definition) is 3. The van der Waals surface area contributed by atoms with Crippen LogP contribution in [0, 0.1) is 11.6 Å². The predicted molar refractivity (Wildman–Crippen MR) is 93.0 cm³/mol. The Balaban J connectivity index is 2.30. The van der Waals surface area contributed by atoms with E-state index in [0.29, 0.717) is 13.1 Å². The van der Waals surface area contributed by atoms with Crippen molar-refractivity contribution in [2.24, 2.45) is 0 Å². The zero-order valence-corrected chi connectivity index (χ0v) is 14.4. The molecule has 24 heavy (non-hydrogen) atoms. The summed E-state index contributed by atoms with van der Waals surface area (Å²) < 4.78 is 27.4. The molecular formula is C18H20F2N2OS. The van der Waals surface area contributed by atoms with Gasteiger partial charge in [0.2, 0.25) is 5.91 Å². The second-order valence-corrected chi connectivity index (χ2v) is 6.49. The number of carbonyl (C=O) groups is 1. The highest BCUT2D eigenvalue weighted by Gasteiger charge is 2.26. The Morgan fingerprint density at radius 1 is 1.21 bits per heavy atom. The van der Waals surface area contributed by atoms with Crippen LogP contribution in [-0.4, -0.2) is 38.0 Å². The van der Waals surface area contributed by atoms with Crippen molar-refractivity contribution in [3.63, 3.8) is 0 Å². The number of thioether (sulfide) groups is 1. The van der Waals surface area contributed by atoms with E-state index in [-0.39, 0.29) is 10.8 Å². The minimum Gasteiger partial charge on any atom is -0.343 e. The van der Waals surface area contributed by atoms with Crippen molar-refractivity contribution in [1.29, 1.82) is 0 Å². The molecule has 1 atom stereocenters. The molecule has 1 amide bonds. The van der Waals surface area contributed by atoms with E-state index < -0.39 is 16.9 Å². The number of nitrogens with zero attached hydrogens (tertiary/aromatic N) is 1. The van der Waals surface area contributed by atoms with Gasteiger partial charge in [-0.3, -0.25) is 4.79 Å². The van der Waals surface area contributed by atoms with Crippen LogP contribution >= 0.6 is 11.8 Å². The normalized spacial score (nSPS) is 12.0. The van der Waals surface area contributed by atoms with Crippen LogP contribution in [-0.2, 0) is 4.79 Å². The molecule has 0 radical (unpaired) electrons. The smallest absolute Gasteiger partial charge is 0.240 e. The van der Waals surface area contributed by atoms with Crippen molar-refractivity contribution in [3.8, 4) is 0 Å². The van der Waals surface area contributed by atoms with E-state index in [1.54, 1.807) is 11.9 Å². The van der Waals surface area contributed by atoms with Gasteiger partial charge in [-0.2, -0.15) is 0 Å². The Hall–Kier alpha value is -1.92. The highest BCUT2D eigenvalue weighted by molar-refractivity contribution is 8.00. The quantitative estimate of drug-likeness (QED) is 0.776. The summed E-state index contributed by atoms with van der Waals surface area (Å²) in [6.07, 6.45) is 0. The molecule has 2 aromatic rings. The zero-order chi connectivity index (χ0) is 17.5. The van der Waals surface area contributed by atoms with Crippen molar-refractivity contribution in [3.05, 3.63) is 65.7 Å². The van der Waals surface area contributed by atoms with E-state index in [9.17, 15) is 13.6 Å². The van der Waals surface area contributed by atoms with E-state index in [1.807, 2.05) is 37.4 Å². The van der Waals surface area contributed by atoms with Crippen LogP contribution in [0.2, 0.25) is 0 Å². The second-order valence-electron chi connectivity index (χ2n) is 5.35. The third-order valence-corrected chi connectivity index (χ3v) is 4.81. The van der Waals surface area contributed by atoms with E-state index in [0.717, 1.165) is 35.5 Å². The van der Waals surface area contributed by atoms with Gasteiger partial charge in [-0.25, -0.2) is 8.78 Å². The fourth-order valence-corrected chi connectivity index (χ4v) is 3.36. The van der Waals surface area contributed by atoms with Crippen molar-refractivity contribution in [2.45, 2.75) is 10.1 Å². The van der Waals surface area contributed by atoms with Crippen LogP contribution in [0.1, 0.15) is 10.8 Å². The van der Waals surface area contributed by atoms with Gasteiger partial charge in [0.25, 0.3) is 0 Å². The molecule has 0 aliphatic rings. The van der Waals surface area contributed by atoms with Crippen LogP contribution < -0.4 is 5.32 Å². The molecule has 0 heterocycles. The molecule has 0 saturated carbocycles. The average molecular weight is 350 g/mol. The van der Waals surface area contributed by atoms with E-state index in [2.05, 4.69) is 5.32 Å². The minimum atomic E-state index is -0.635. The first-order valence-electron chi connectivity index (χ1n) is 7.59. The maximum Gasteiger partial charge on any atom is 0.240 e. The highest BCUT2D eigenvalue weighted by Crippen LogP contribution is 2.38. The summed E-state index contributed by atoms with van der Waals surface area (Å²) in [4.78, 5) is 14.5. The Labute approximate surface area is 145 Å². The van der Waals surface area contributed by atoms with Crippen LogP contribution in [0.15, 0.2) is 53.4 Å². The fourth-order valence-electron chi connectivity index (χ4n) is 2.17. The van der Waals surface area contributed by atoms with Crippen LogP contribution in [0.25, 0.3) is 0 Å². The molecule has 0 spiro atoms. The fraction of sp³-hybridized carbons (Fsp3) is 0.278. The lowest BCUT2D eigenvalue weighted by Gasteiger charge is -2.24. The zero-order valence-electron chi connectivity index (χ0n) is 13.6. The minimum absolute atomic E-state index is 0.124. The van der Waals surface area contributed by atoms with Gasteiger partial charge in [-0.05, 0) is 30.8 Å². The Kier molecular flexibility index (Phi) is 6.75. The van der Waals surface area contributed by atoms with Gasteiger partial charge in [0.1, 0.15) is 16.9 Å². The van der Waals surface area contributed by atoms with E-state index in [4.69, 9.17) is 0 Å². The lowest BCUT2D eigenvalue weighted by molar-refractivity contribution is -0.129. The van der Waals surface area contributed by atoms with Crippen LogP contribution in [0.4, 0.5) is 8.78 Å². The van der Waals surface area contributed by atoms with E-state index in [1.165, 1.54) is 0 Å². The number of hydrogen-bond donors (Lipinski definition) is 1. The van der Waals surface area contributed by atoms with Crippen molar-refractivity contribution in [1.82, 2.24) is 10.2 Å². The second kappa shape index (κ2) is 8.80. The number of amides is 1. The molecule has 0 aliphatic heterocycles. The number of nitrogens with one attached hydrogen (secondary N) is 1. The molecule has 6 heteroatoms. The third kappa shape index (κ3) is 4.79. The standard InChI is InChI=1S/C18H20F2N2OS/c1-21-10-11-22(2)18(23)17(13-6-4-3-5-7-13)24-16-12-14(19)8-9-15(16)20/h3-9,12,17,21H,10-11H2,1-2H3. The number of benzene rings is 2. The van der Waals surface area contributed by atoms with Gasteiger partial charge in [0.05, 0.1) is 0 Å². The Morgan fingerprint density at radius 2 is 1.92 bits per heavy atom. The summed E-state index contributed by atoms with van der Waals surface area (Å²) in [6, 6.07) is 12.4. The SMILES string of the molecule is CNCCN(C)C(=O)C(Sc1cc(F)ccc1F)c1ccccc1. The molecule has 0 bridgehead atoms. The Bertz CT molecular complexity index is 682. The molecule has 2 aromatic carbocycles. The van der Waals surface area contributed by atoms with Gasteiger partial charge in [-0.1, -0.05) is 30.3 Å². The molecule has 0 saturated heterocycles. The maximum absolute atomic E-state index is 14.0. The lowest BCUT2D eigenvalue weighted by Crippen LogP contribution is -2.35. The summed E-state index contributed by atoms with van der Waals surface area (Å²) in [5.74, 6) is -1.21. The van der Waals surface area contributed by atoms with Crippen LogP contribution in [0.5, 0.6) is 0 Å². The Morgan fingerprint density at radius 3 is 2.58 bits per heavy atom. The van der Waals surface area contributed by atoms with Crippen LogP contribution in [0.3, 0.4) is 0 Å². The van der Waals surface area contributed by atoms with Crippen molar-refractivity contribution < 1.29 is 13.6 Å². The number of halogens is 2. The molecule has 0 aliphatic carbocycles. The topological polar surface area (TPSA) is 32.3 Å². The van der Waals surface area contributed by atoms with Gasteiger partial charge >= 0.3 is 0 Å². The number of likely N-dealkylation sites (N-methyl/N-ethyl adjacent to an activating group) is 2. The average Bonchev–Trinajstić information content (AvgIpc) is 2.60. The maximum atomic E-state index is 14.0. The number of carbonyl (C=O) groups excluding carboxylic acids is 1. The first-order valence-corrected chi connectivity index (χ1v) is 8.47. The third-order valence-electron chi connectivity index (χ3n) is 3.54. The molecule has 0 fully saturated rings. The summed E-state index contributed by atoms with van der Waals surface area (Å²) in [6.45, 7) is 1.19. The largest absolute Gasteiger partial charge is 0.343 e. The van der Waals surface area contributed by atoms with Gasteiger partial charge in [0, 0.05) is 25.0 Å². The first kappa shape index (κ1) is 18.4. The molecule has 2 rings (SSSR count). The molecule has 1 unspecified atom stereocenters. The predicted octanol–water partition coefficient (Wildman–Crippen LogP) is 3.48. The van der Waals surface area contributed by atoms with E-state index >= 15 is 0 Å². The van der Waals surface area contributed by atoms with Gasteiger partial charge < -0.3 is 10.2 Å². The lowest BCUT2D eigenvalue weighted by atomic mass is 10.1. The molecular weight excluding hydrogens is 330 g/mol. The monoisotopic (exact) mass is 350 g/mol. The molecule has 3 nitrogen and oxygen atoms in total. The number of rotatable bonds is 7. The van der Waals surface area contributed by atoms with Gasteiger partial charge in [0.15, 0.2) is 0 Å². The van der Waals surface area contributed by atoms with Crippen molar-refractivity contribution >= 4 is 17.7 Å². The summed E-state index contributed by atoms with van der Waals surface area (Å²) >= 11 is 1.03. The first-order chi connectivity index (χ1) is 11.5. The molecule has 1 N–H and O–H groups in total. The summed E-state index contributed by atoms with van der Waals surface area (Å²) in [7, 11) is 3.52. The van der Waals surface area contributed by atoms with Gasteiger partial charge in [-0.15, -0.1) is 11.8 Å². The summed E-state index contributed by atoms with van der Waals surface area (Å²) in [5.41, 5.74) is 0.757.